The van der Waals surface area contributed by atoms with Crippen molar-refractivity contribution in [1.82, 2.24) is 4.90 Å². The third-order valence-electron chi connectivity index (χ3n) is 4.17. The normalized spacial score (nSPS) is 26.2. The van der Waals surface area contributed by atoms with Gasteiger partial charge in [-0.15, -0.1) is 0 Å². The smallest absolute Gasteiger partial charge is 0.258 e. The molecule has 3 nitrogen and oxygen atoms in total. The second-order valence-electron chi connectivity index (χ2n) is 5.36. The number of morpholine rings is 1. The maximum absolute atomic E-state index is 13.9. The van der Waals surface area contributed by atoms with Gasteiger partial charge in [0.05, 0.1) is 29.3 Å². The van der Waals surface area contributed by atoms with Crippen LogP contribution in [0.3, 0.4) is 0 Å². The number of hydrogen-bond acceptors (Lipinski definition) is 2. The molecule has 1 heterocycles. The summed E-state index contributed by atoms with van der Waals surface area (Å²) in [6, 6.07) is 4.40. The van der Waals surface area contributed by atoms with E-state index < -0.39 is 5.82 Å². The van der Waals surface area contributed by atoms with Crippen LogP contribution in [0.4, 0.5) is 4.39 Å². The van der Waals surface area contributed by atoms with E-state index in [0.29, 0.717) is 13.2 Å². The second-order valence-corrected chi connectivity index (χ2v) is 5.76. The Morgan fingerprint density at radius 2 is 2.15 bits per heavy atom. The Balaban J connectivity index is 1.89. The van der Waals surface area contributed by atoms with Crippen molar-refractivity contribution in [2.24, 2.45) is 0 Å². The van der Waals surface area contributed by atoms with Crippen LogP contribution in [0.2, 0.25) is 5.02 Å². The fourth-order valence-corrected chi connectivity index (χ4v) is 3.44. The number of ether oxygens (including phenoxy) is 1. The molecule has 20 heavy (non-hydrogen) atoms. The molecule has 0 unspecified atom stereocenters. The number of fused-ring (bicyclic) bond motifs is 1. The van der Waals surface area contributed by atoms with Crippen molar-refractivity contribution < 1.29 is 13.9 Å². The van der Waals surface area contributed by atoms with Crippen molar-refractivity contribution in [3.05, 3.63) is 34.6 Å². The van der Waals surface area contributed by atoms with Gasteiger partial charge in [-0.1, -0.05) is 30.5 Å². The molecule has 0 aromatic heterocycles. The van der Waals surface area contributed by atoms with Crippen molar-refractivity contribution in [2.75, 3.05) is 13.2 Å². The number of carbonyl (C=O) groups excluding carboxylic acids is 1. The third-order valence-corrected chi connectivity index (χ3v) is 4.48. The highest BCUT2D eigenvalue weighted by Gasteiger charge is 2.38. The summed E-state index contributed by atoms with van der Waals surface area (Å²) in [6.45, 7) is 1.02. The molecule has 1 aromatic carbocycles. The van der Waals surface area contributed by atoms with E-state index in [1.807, 2.05) is 0 Å². The summed E-state index contributed by atoms with van der Waals surface area (Å²) in [6.07, 6.45) is 4.19. The summed E-state index contributed by atoms with van der Waals surface area (Å²) in [5.41, 5.74) is -0.0135. The van der Waals surface area contributed by atoms with E-state index in [-0.39, 0.29) is 28.6 Å². The van der Waals surface area contributed by atoms with Crippen LogP contribution in [0.5, 0.6) is 0 Å². The van der Waals surface area contributed by atoms with Crippen molar-refractivity contribution >= 4 is 17.5 Å². The Kier molecular flexibility index (Phi) is 3.94. The van der Waals surface area contributed by atoms with Gasteiger partial charge in [0.25, 0.3) is 5.91 Å². The molecule has 1 aromatic rings. The molecule has 2 fully saturated rings. The zero-order valence-electron chi connectivity index (χ0n) is 11.1. The molecule has 1 aliphatic heterocycles. The molecule has 2 atom stereocenters. The van der Waals surface area contributed by atoms with Gasteiger partial charge in [0.1, 0.15) is 5.82 Å². The summed E-state index contributed by atoms with van der Waals surface area (Å²) >= 11 is 6.00. The SMILES string of the molecule is O=C(c1c(F)cccc1Cl)N1CCO[C@@H]2CCCC[C@@H]21. The Morgan fingerprint density at radius 3 is 2.95 bits per heavy atom. The molecule has 1 saturated carbocycles. The minimum absolute atomic E-state index is 0.0135. The van der Waals surface area contributed by atoms with E-state index in [4.69, 9.17) is 16.3 Å². The molecule has 2 aliphatic rings. The molecular weight excluding hydrogens is 281 g/mol. The molecular formula is C15H17ClFNO2. The van der Waals surface area contributed by atoms with E-state index in [9.17, 15) is 9.18 Å². The number of hydrogen-bond donors (Lipinski definition) is 0. The second kappa shape index (κ2) is 5.70. The van der Waals surface area contributed by atoms with Gasteiger partial charge >= 0.3 is 0 Å². The van der Waals surface area contributed by atoms with Crippen LogP contribution in [-0.2, 0) is 4.74 Å². The number of rotatable bonds is 1. The number of nitrogens with zero attached hydrogens (tertiary/aromatic N) is 1. The molecule has 1 amide bonds. The summed E-state index contributed by atoms with van der Waals surface area (Å²) in [5.74, 6) is -0.866. The van der Waals surface area contributed by atoms with Gasteiger partial charge in [-0.3, -0.25) is 4.79 Å². The van der Waals surface area contributed by atoms with Crippen LogP contribution in [-0.4, -0.2) is 36.1 Å². The predicted octanol–water partition coefficient (Wildman–Crippen LogP) is 3.26. The Labute approximate surface area is 122 Å². The predicted molar refractivity (Wildman–Crippen MR) is 74.4 cm³/mol. The van der Waals surface area contributed by atoms with Crippen molar-refractivity contribution in [3.63, 3.8) is 0 Å². The largest absolute Gasteiger partial charge is 0.374 e. The van der Waals surface area contributed by atoms with E-state index >= 15 is 0 Å². The first-order chi connectivity index (χ1) is 9.68. The van der Waals surface area contributed by atoms with E-state index in [0.717, 1.165) is 25.7 Å². The first kappa shape index (κ1) is 13.8. The minimum atomic E-state index is -0.554. The maximum Gasteiger partial charge on any atom is 0.258 e. The number of halogens is 2. The summed E-state index contributed by atoms with van der Waals surface area (Å²) in [5, 5.41) is 0.175. The van der Waals surface area contributed by atoms with Gasteiger partial charge in [0.15, 0.2) is 0 Å². The van der Waals surface area contributed by atoms with Crippen LogP contribution < -0.4 is 0 Å². The van der Waals surface area contributed by atoms with Crippen molar-refractivity contribution in [1.29, 1.82) is 0 Å². The molecule has 5 heteroatoms. The third kappa shape index (κ3) is 2.42. The first-order valence-corrected chi connectivity index (χ1v) is 7.43. The standard InChI is InChI=1S/C15H17ClFNO2/c16-10-4-3-5-11(17)14(10)15(19)18-8-9-20-13-7-2-1-6-12(13)18/h3-5,12-13H,1-2,6-9H2/t12-,13+/m0/s1. The van der Waals surface area contributed by atoms with Gasteiger partial charge in [-0.05, 0) is 25.0 Å². The fourth-order valence-electron chi connectivity index (χ4n) is 3.19. The lowest BCUT2D eigenvalue weighted by atomic mass is 9.89. The summed E-state index contributed by atoms with van der Waals surface area (Å²) < 4.78 is 19.7. The molecule has 108 valence electrons. The summed E-state index contributed by atoms with van der Waals surface area (Å²) in [4.78, 5) is 14.4. The van der Waals surface area contributed by atoms with Gasteiger partial charge in [0, 0.05) is 6.54 Å². The molecule has 1 saturated heterocycles. The summed E-state index contributed by atoms with van der Waals surface area (Å²) in [7, 11) is 0. The van der Waals surface area contributed by atoms with Gasteiger partial charge < -0.3 is 9.64 Å². The monoisotopic (exact) mass is 297 g/mol. The average Bonchev–Trinajstić information content (AvgIpc) is 2.46. The maximum atomic E-state index is 13.9. The number of amides is 1. The molecule has 0 N–H and O–H groups in total. The zero-order chi connectivity index (χ0) is 14.1. The van der Waals surface area contributed by atoms with Crippen LogP contribution in [0.25, 0.3) is 0 Å². The highest BCUT2D eigenvalue weighted by Crippen LogP contribution is 2.31. The van der Waals surface area contributed by atoms with Crippen LogP contribution in [0, 0.1) is 5.82 Å². The molecule has 0 radical (unpaired) electrons. The zero-order valence-corrected chi connectivity index (χ0v) is 11.9. The molecule has 0 spiro atoms. The van der Waals surface area contributed by atoms with Crippen molar-refractivity contribution in [3.8, 4) is 0 Å². The minimum Gasteiger partial charge on any atom is -0.374 e. The Bertz CT molecular complexity index is 500. The van der Waals surface area contributed by atoms with E-state index in [1.54, 1.807) is 11.0 Å². The average molecular weight is 298 g/mol. The van der Waals surface area contributed by atoms with E-state index in [1.165, 1.54) is 12.1 Å². The fraction of sp³-hybridized carbons (Fsp3) is 0.533. The topological polar surface area (TPSA) is 29.5 Å². The Hall–Kier alpha value is -1.13. The highest BCUT2D eigenvalue weighted by atomic mass is 35.5. The lowest BCUT2D eigenvalue weighted by Gasteiger charge is -2.43. The first-order valence-electron chi connectivity index (χ1n) is 7.05. The van der Waals surface area contributed by atoms with Crippen LogP contribution >= 0.6 is 11.6 Å². The highest BCUT2D eigenvalue weighted by molar-refractivity contribution is 6.33. The van der Waals surface area contributed by atoms with Gasteiger partial charge in [0.2, 0.25) is 0 Å². The van der Waals surface area contributed by atoms with Gasteiger partial charge in [-0.25, -0.2) is 4.39 Å². The van der Waals surface area contributed by atoms with Crippen LogP contribution in [0.1, 0.15) is 36.0 Å². The lowest BCUT2D eigenvalue weighted by molar-refractivity contribution is -0.0753. The van der Waals surface area contributed by atoms with E-state index in [2.05, 4.69) is 0 Å². The molecule has 1 aliphatic carbocycles. The molecule has 3 rings (SSSR count). The lowest BCUT2D eigenvalue weighted by Crippen LogP contribution is -2.55. The number of carbonyl (C=O) groups is 1. The number of benzene rings is 1. The quantitative estimate of drug-likeness (QED) is 0.796. The Morgan fingerprint density at radius 1 is 1.35 bits per heavy atom. The van der Waals surface area contributed by atoms with Crippen LogP contribution in [0.15, 0.2) is 18.2 Å². The van der Waals surface area contributed by atoms with Crippen molar-refractivity contribution in [2.45, 2.75) is 37.8 Å². The van der Waals surface area contributed by atoms with Gasteiger partial charge in [-0.2, -0.15) is 0 Å². The molecule has 0 bridgehead atoms.